The average molecular weight is 233 g/mol. The second-order valence-corrected chi connectivity index (χ2v) is 3.73. The Bertz CT molecular complexity index is 557. The SMILES string of the molecule is CCNCc1cc(=O)[nH]c(-c2nccn2C)n1. The topological polar surface area (TPSA) is 75.6 Å². The Kier molecular flexibility index (Phi) is 3.34. The van der Waals surface area contributed by atoms with Crippen molar-refractivity contribution in [3.8, 4) is 11.6 Å². The van der Waals surface area contributed by atoms with Crippen LogP contribution in [0.3, 0.4) is 0 Å². The van der Waals surface area contributed by atoms with Crippen molar-refractivity contribution >= 4 is 0 Å². The summed E-state index contributed by atoms with van der Waals surface area (Å²) in [7, 11) is 1.86. The summed E-state index contributed by atoms with van der Waals surface area (Å²) in [6.45, 7) is 3.43. The molecule has 0 atom stereocenters. The highest BCUT2D eigenvalue weighted by atomic mass is 16.1. The van der Waals surface area contributed by atoms with E-state index in [1.54, 1.807) is 6.20 Å². The maximum Gasteiger partial charge on any atom is 0.251 e. The predicted octanol–water partition coefficient (Wildman–Crippen LogP) is 0.280. The molecule has 0 unspecified atom stereocenters. The van der Waals surface area contributed by atoms with E-state index < -0.39 is 0 Å². The van der Waals surface area contributed by atoms with Crippen molar-refractivity contribution in [2.75, 3.05) is 6.54 Å². The number of aromatic amines is 1. The van der Waals surface area contributed by atoms with Gasteiger partial charge in [-0.05, 0) is 6.54 Å². The Labute approximate surface area is 98.7 Å². The normalized spacial score (nSPS) is 10.7. The number of hydrogen-bond acceptors (Lipinski definition) is 4. The fourth-order valence-electron chi connectivity index (χ4n) is 1.55. The van der Waals surface area contributed by atoms with Gasteiger partial charge in [-0.25, -0.2) is 9.97 Å². The van der Waals surface area contributed by atoms with Gasteiger partial charge in [0.05, 0.1) is 5.69 Å². The van der Waals surface area contributed by atoms with Gasteiger partial charge in [0.1, 0.15) is 0 Å². The largest absolute Gasteiger partial charge is 0.331 e. The highest BCUT2D eigenvalue weighted by molar-refractivity contribution is 5.43. The molecule has 0 spiro atoms. The van der Waals surface area contributed by atoms with Crippen LogP contribution in [0.5, 0.6) is 0 Å². The molecule has 0 radical (unpaired) electrons. The summed E-state index contributed by atoms with van der Waals surface area (Å²) in [5.74, 6) is 1.15. The summed E-state index contributed by atoms with van der Waals surface area (Å²) in [6, 6.07) is 1.50. The van der Waals surface area contributed by atoms with Crippen LogP contribution >= 0.6 is 0 Å². The van der Waals surface area contributed by atoms with Crippen LogP contribution in [0, 0.1) is 0 Å². The molecule has 0 saturated heterocycles. The molecule has 0 aromatic carbocycles. The minimum absolute atomic E-state index is 0.161. The Balaban J connectivity index is 2.38. The molecule has 0 aliphatic heterocycles. The molecule has 6 heteroatoms. The molecular weight excluding hydrogens is 218 g/mol. The second kappa shape index (κ2) is 4.92. The van der Waals surface area contributed by atoms with Crippen LogP contribution in [-0.4, -0.2) is 26.1 Å². The average Bonchev–Trinajstić information content (AvgIpc) is 2.72. The molecule has 2 N–H and O–H groups in total. The van der Waals surface area contributed by atoms with Gasteiger partial charge in [0, 0.05) is 32.1 Å². The zero-order chi connectivity index (χ0) is 12.3. The van der Waals surface area contributed by atoms with E-state index in [0.717, 1.165) is 6.54 Å². The van der Waals surface area contributed by atoms with Gasteiger partial charge in [0.15, 0.2) is 11.6 Å². The first-order valence-corrected chi connectivity index (χ1v) is 5.49. The first kappa shape index (κ1) is 11.5. The third-order valence-electron chi connectivity index (χ3n) is 2.38. The van der Waals surface area contributed by atoms with Crippen LogP contribution in [0.15, 0.2) is 23.3 Å². The maximum atomic E-state index is 11.5. The van der Waals surface area contributed by atoms with E-state index in [-0.39, 0.29) is 5.56 Å². The van der Waals surface area contributed by atoms with Crippen molar-refractivity contribution in [2.24, 2.45) is 7.05 Å². The monoisotopic (exact) mass is 233 g/mol. The van der Waals surface area contributed by atoms with Crippen LogP contribution in [-0.2, 0) is 13.6 Å². The van der Waals surface area contributed by atoms with Gasteiger partial charge in [-0.15, -0.1) is 0 Å². The van der Waals surface area contributed by atoms with Gasteiger partial charge in [-0.1, -0.05) is 6.92 Å². The lowest BCUT2D eigenvalue weighted by atomic mass is 10.3. The lowest BCUT2D eigenvalue weighted by molar-refractivity contribution is 0.706. The van der Waals surface area contributed by atoms with E-state index in [2.05, 4.69) is 20.3 Å². The molecule has 0 amide bonds. The molecule has 0 saturated carbocycles. The van der Waals surface area contributed by atoms with Crippen molar-refractivity contribution in [3.63, 3.8) is 0 Å². The Morgan fingerprint density at radius 3 is 3.00 bits per heavy atom. The second-order valence-electron chi connectivity index (χ2n) is 3.73. The summed E-state index contributed by atoms with van der Waals surface area (Å²) < 4.78 is 1.81. The first-order valence-electron chi connectivity index (χ1n) is 5.49. The minimum Gasteiger partial charge on any atom is -0.331 e. The van der Waals surface area contributed by atoms with Gasteiger partial charge in [-0.3, -0.25) is 4.79 Å². The number of nitrogens with one attached hydrogen (secondary N) is 2. The molecular formula is C11H15N5O. The van der Waals surface area contributed by atoms with Gasteiger partial charge in [0.2, 0.25) is 0 Å². The highest BCUT2D eigenvalue weighted by Crippen LogP contribution is 2.09. The van der Waals surface area contributed by atoms with E-state index in [1.807, 2.05) is 24.7 Å². The highest BCUT2D eigenvalue weighted by Gasteiger charge is 2.07. The summed E-state index contributed by atoms with van der Waals surface area (Å²) in [6.07, 6.45) is 3.48. The predicted molar refractivity (Wildman–Crippen MR) is 64.4 cm³/mol. The van der Waals surface area contributed by atoms with Crippen LogP contribution in [0.4, 0.5) is 0 Å². The van der Waals surface area contributed by atoms with Crippen molar-refractivity contribution in [2.45, 2.75) is 13.5 Å². The van der Waals surface area contributed by atoms with Gasteiger partial charge in [0.25, 0.3) is 5.56 Å². The number of hydrogen-bond donors (Lipinski definition) is 2. The van der Waals surface area contributed by atoms with E-state index >= 15 is 0 Å². The van der Waals surface area contributed by atoms with Crippen molar-refractivity contribution < 1.29 is 0 Å². The molecule has 90 valence electrons. The van der Waals surface area contributed by atoms with Crippen molar-refractivity contribution in [1.82, 2.24) is 24.8 Å². The number of imidazole rings is 1. The zero-order valence-corrected chi connectivity index (χ0v) is 9.90. The Hall–Kier alpha value is -1.95. The number of rotatable bonds is 4. The number of nitrogens with zero attached hydrogens (tertiary/aromatic N) is 3. The zero-order valence-electron chi connectivity index (χ0n) is 9.90. The van der Waals surface area contributed by atoms with E-state index in [1.165, 1.54) is 6.07 Å². The molecule has 0 fully saturated rings. The van der Waals surface area contributed by atoms with Crippen LogP contribution in [0.2, 0.25) is 0 Å². The van der Waals surface area contributed by atoms with Gasteiger partial charge >= 0.3 is 0 Å². The van der Waals surface area contributed by atoms with E-state index in [9.17, 15) is 4.79 Å². The molecule has 0 aliphatic rings. The third-order valence-corrected chi connectivity index (χ3v) is 2.38. The quantitative estimate of drug-likeness (QED) is 0.795. The van der Waals surface area contributed by atoms with Crippen LogP contribution in [0.25, 0.3) is 11.6 Å². The maximum absolute atomic E-state index is 11.5. The summed E-state index contributed by atoms with van der Waals surface area (Å²) in [4.78, 5) is 22.7. The van der Waals surface area contributed by atoms with Crippen molar-refractivity contribution in [1.29, 1.82) is 0 Å². The van der Waals surface area contributed by atoms with E-state index in [0.29, 0.717) is 23.9 Å². The lowest BCUT2D eigenvalue weighted by Gasteiger charge is -2.04. The molecule has 0 bridgehead atoms. The lowest BCUT2D eigenvalue weighted by Crippen LogP contribution is -2.18. The summed E-state index contributed by atoms with van der Waals surface area (Å²) >= 11 is 0. The molecule has 0 aliphatic carbocycles. The van der Waals surface area contributed by atoms with Crippen LogP contribution in [0.1, 0.15) is 12.6 Å². The Morgan fingerprint density at radius 2 is 2.35 bits per heavy atom. The van der Waals surface area contributed by atoms with Gasteiger partial charge in [-0.2, -0.15) is 0 Å². The number of aryl methyl sites for hydroxylation is 1. The molecule has 2 aromatic heterocycles. The van der Waals surface area contributed by atoms with Gasteiger partial charge < -0.3 is 14.9 Å². The fraction of sp³-hybridized carbons (Fsp3) is 0.364. The molecule has 17 heavy (non-hydrogen) atoms. The standard InChI is InChI=1S/C11H15N5O/c1-3-12-7-8-6-9(17)15-10(14-8)11-13-4-5-16(11)2/h4-6,12H,3,7H2,1-2H3,(H,14,15,17). The Morgan fingerprint density at radius 1 is 1.53 bits per heavy atom. The van der Waals surface area contributed by atoms with Crippen LogP contribution < -0.4 is 10.9 Å². The fourth-order valence-corrected chi connectivity index (χ4v) is 1.55. The molecule has 2 heterocycles. The number of H-pyrrole nitrogens is 1. The van der Waals surface area contributed by atoms with E-state index in [4.69, 9.17) is 0 Å². The first-order chi connectivity index (χ1) is 8.20. The molecule has 6 nitrogen and oxygen atoms in total. The summed E-state index contributed by atoms with van der Waals surface area (Å²) in [5.41, 5.74) is 0.555. The molecule has 2 aromatic rings. The smallest absolute Gasteiger partial charge is 0.251 e. The summed E-state index contributed by atoms with van der Waals surface area (Å²) in [5, 5.41) is 3.14. The minimum atomic E-state index is -0.161. The van der Waals surface area contributed by atoms with Crippen molar-refractivity contribution in [3.05, 3.63) is 34.5 Å². The molecule has 2 rings (SSSR count). The third kappa shape index (κ3) is 2.59. The number of aromatic nitrogens is 4.